The SMILES string of the molecule is CCNC(=NCCCNC(=O)OC(C)(C)C)N1CCC(N2CCOCC2)C1.I. The summed E-state index contributed by atoms with van der Waals surface area (Å²) in [6.07, 6.45) is 1.59. The Balaban J connectivity index is 0.00000392. The second-order valence-corrected chi connectivity index (χ2v) is 8.05. The Bertz CT molecular complexity index is 492. The van der Waals surface area contributed by atoms with Crippen molar-refractivity contribution < 1.29 is 14.3 Å². The lowest BCUT2D eigenvalue weighted by molar-refractivity contribution is 0.0195. The largest absolute Gasteiger partial charge is 0.444 e. The zero-order chi connectivity index (χ0) is 19.7. The molecular weight excluding hydrogens is 473 g/mol. The molecule has 0 aliphatic carbocycles. The van der Waals surface area contributed by atoms with Gasteiger partial charge in [0.05, 0.1) is 13.2 Å². The van der Waals surface area contributed by atoms with Crippen molar-refractivity contribution in [3.8, 4) is 0 Å². The fourth-order valence-corrected chi connectivity index (χ4v) is 3.37. The van der Waals surface area contributed by atoms with Crippen molar-refractivity contribution in [3.05, 3.63) is 0 Å². The van der Waals surface area contributed by atoms with E-state index in [1.807, 2.05) is 20.8 Å². The van der Waals surface area contributed by atoms with Crippen molar-refractivity contribution in [2.24, 2.45) is 4.99 Å². The zero-order valence-corrected chi connectivity index (χ0v) is 20.2. The van der Waals surface area contributed by atoms with Crippen LogP contribution in [0.25, 0.3) is 0 Å². The Labute approximate surface area is 186 Å². The zero-order valence-electron chi connectivity index (χ0n) is 17.8. The van der Waals surface area contributed by atoms with E-state index in [-0.39, 0.29) is 30.1 Å². The van der Waals surface area contributed by atoms with E-state index in [4.69, 9.17) is 14.5 Å². The first-order chi connectivity index (χ1) is 12.9. The summed E-state index contributed by atoms with van der Waals surface area (Å²) >= 11 is 0. The summed E-state index contributed by atoms with van der Waals surface area (Å²) in [5, 5.41) is 6.18. The topological polar surface area (TPSA) is 78.4 Å². The third-order valence-electron chi connectivity index (χ3n) is 4.62. The van der Waals surface area contributed by atoms with Crippen LogP contribution in [0.15, 0.2) is 4.99 Å². The van der Waals surface area contributed by atoms with Crippen molar-refractivity contribution in [1.82, 2.24) is 20.4 Å². The maximum Gasteiger partial charge on any atom is 0.407 e. The number of hydrogen-bond donors (Lipinski definition) is 2. The van der Waals surface area contributed by atoms with Crippen LogP contribution in [-0.4, -0.2) is 92.5 Å². The number of hydrogen-bond acceptors (Lipinski definition) is 5. The minimum Gasteiger partial charge on any atom is -0.444 e. The van der Waals surface area contributed by atoms with Gasteiger partial charge in [0.1, 0.15) is 5.60 Å². The van der Waals surface area contributed by atoms with Crippen LogP contribution in [-0.2, 0) is 9.47 Å². The molecule has 0 aromatic rings. The molecule has 2 heterocycles. The molecule has 1 unspecified atom stereocenters. The Morgan fingerprint density at radius 2 is 1.93 bits per heavy atom. The van der Waals surface area contributed by atoms with Crippen LogP contribution >= 0.6 is 24.0 Å². The maximum absolute atomic E-state index is 11.7. The van der Waals surface area contributed by atoms with Gasteiger partial charge < -0.3 is 25.0 Å². The first-order valence-electron chi connectivity index (χ1n) is 10.2. The number of nitrogens with one attached hydrogen (secondary N) is 2. The van der Waals surface area contributed by atoms with Gasteiger partial charge in [-0.25, -0.2) is 4.79 Å². The summed E-state index contributed by atoms with van der Waals surface area (Å²) in [4.78, 5) is 21.3. The van der Waals surface area contributed by atoms with Crippen molar-refractivity contribution in [2.75, 3.05) is 59.0 Å². The molecule has 2 rings (SSSR count). The average Bonchev–Trinajstić information content (AvgIpc) is 3.10. The molecule has 0 saturated carbocycles. The summed E-state index contributed by atoms with van der Waals surface area (Å²) in [7, 11) is 0. The molecule has 2 aliphatic rings. The van der Waals surface area contributed by atoms with Crippen LogP contribution in [0, 0.1) is 0 Å². The Kier molecular flexibility index (Phi) is 11.4. The van der Waals surface area contributed by atoms with Crippen LogP contribution < -0.4 is 10.6 Å². The van der Waals surface area contributed by atoms with Gasteiger partial charge in [-0.15, -0.1) is 24.0 Å². The van der Waals surface area contributed by atoms with Gasteiger partial charge in [-0.1, -0.05) is 0 Å². The molecule has 9 heteroatoms. The molecule has 0 aromatic heterocycles. The molecule has 2 aliphatic heterocycles. The highest BCUT2D eigenvalue weighted by Gasteiger charge is 2.30. The van der Waals surface area contributed by atoms with Gasteiger partial charge in [0.2, 0.25) is 0 Å². The van der Waals surface area contributed by atoms with Gasteiger partial charge in [-0.05, 0) is 40.5 Å². The first-order valence-corrected chi connectivity index (χ1v) is 10.2. The molecule has 2 N–H and O–H groups in total. The summed E-state index contributed by atoms with van der Waals surface area (Å²) in [5.74, 6) is 0.977. The molecule has 0 radical (unpaired) electrons. The van der Waals surface area contributed by atoms with Crippen molar-refractivity contribution in [3.63, 3.8) is 0 Å². The number of likely N-dealkylation sites (tertiary alicyclic amines) is 1. The number of ether oxygens (including phenoxy) is 2. The molecular formula is C19H38IN5O3. The lowest BCUT2D eigenvalue weighted by atomic mass is 10.2. The lowest BCUT2D eigenvalue weighted by Crippen LogP contribution is -2.46. The van der Waals surface area contributed by atoms with Gasteiger partial charge in [-0.2, -0.15) is 0 Å². The predicted molar refractivity (Wildman–Crippen MR) is 123 cm³/mol. The van der Waals surface area contributed by atoms with Gasteiger partial charge in [0.15, 0.2) is 5.96 Å². The van der Waals surface area contributed by atoms with Gasteiger partial charge in [0, 0.05) is 51.9 Å². The number of nitrogens with zero attached hydrogens (tertiary/aromatic N) is 3. The Morgan fingerprint density at radius 3 is 2.57 bits per heavy atom. The van der Waals surface area contributed by atoms with Crippen molar-refractivity contribution in [1.29, 1.82) is 0 Å². The molecule has 0 aromatic carbocycles. The van der Waals surface area contributed by atoms with E-state index in [0.717, 1.165) is 58.3 Å². The lowest BCUT2D eigenvalue weighted by Gasteiger charge is -2.32. The van der Waals surface area contributed by atoms with E-state index in [1.165, 1.54) is 6.42 Å². The number of alkyl carbamates (subject to hydrolysis) is 1. The number of aliphatic imine (C=N–C) groups is 1. The first kappa shape index (κ1) is 25.2. The molecule has 0 bridgehead atoms. The maximum atomic E-state index is 11.7. The second kappa shape index (κ2) is 12.7. The number of amides is 1. The predicted octanol–water partition coefficient (Wildman–Crippen LogP) is 1.89. The van der Waals surface area contributed by atoms with Crippen molar-refractivity contribution >= 4 is 36.0 Å². The molecule has 164 valence electrons. The van der Waals surface area contributed by atoms with Crippen LogP contribution in [0.3, 0.4) is 0 Å². The van der Waals surface area contributed by atoms with E-state index in [1.54, 1.807) is 0 Å². The molecule has 0 spiro atoms. The number of morpholine rings is 1. The minimum absolute atomic E-state index is 0. The van der Waals surface area contributed by atoms with E-state index >= 15 is 0 Å². The smallest absolute Gasteiger partial charge is 0.407 e. The summed E-state index contributed by atoms with van der Waals surface area (Å²) in [6.45, 7) is 15.6. The number of carbonyl (C=O) groups is 1. The highest BCUT2D eigenvalue weighted by Crippen LogP contribution is 2.17. The van der Waals surface area contributed by atoms with Crippen LogP contribution in [0.4, 0.5) is 4.79 Å². The normalized spacial score (nSPS) is 21.2. The highest BCUT2D eigenvalue weighted by atomic mass is 127. The summed E-state index contributed by atoms with van der Waals surface area (Å²) in [6, 6.07) is 0.589. The van der Waals surface area contributed by atoms with Crippen LogP contribution in [0.5, 0.6) is 0 Å². The molecule has 8 nitrogen and oxygen atoms in total. The van der Waals surface area contributed by atoms with Crippen LogP contribution in [0.2, 0.25) is 0 Å². The summed E-state index contributed by atoms with van der Waals surface area (Å²) in [5.41, 5.74) is -0.465. The quantitative estimate of drug-likeness (QED) is 0.246. The molecule has 28 heavy (non-hydrogen) atoms. The number of carbonyl (C=O) groups excluding carboxylic acids is 1. The number of halogens is 1. The molecule has 1 amide bonds. The Morgan fingerprint density at radius 1 is 1.21 bits per heavy atom. The molecule has 2 saturated heterocycles. The number of rotatable bonds is 6. The third kappa shape index (κ3) is 9.13. The number of guanidine groups is 1. The van der Waals surface area contributed by atoms with Gasteiger partial charge in [0.25, 0.3) is 0 Å². The molecule has 1 atom stereocenters. The van der Waals surface area contributed by atoms with Gasteiger partial charge >= 0.3 is 6.09 Å². The monoisotopic (exact) mass is 511 g/mol. The van der Waals surface area contributed by atoms with Gasteiger partial charge in [-0.3, -0.25) is 9.89 Å². The van der Waals surface area contributed by atoms with Crippen molar-refractivity contribution in [2.45, 2.75) is 52.2 Å². The minimum atomic E-state index is -0.465. The van der Waals surface area contributed by atoms with E-state index in [0.29, 0.717) is 19.1 Å². The fourth-order valence-electron chi connectivity index (χ4n) is 3.37. The average molecular weight is 511 g/mol. The Hall–Kier alpha value is -0.810. The standard InChI is InChI=1S/C19H37N5O3.HI/c1-5-20-17(21-8-6-9-22-18(25)27-19(2,3)4)24-10-7-16(15-24)23-11-13-26-14-12-23;/h16H,5-15H2,1-4H3,(H,20,21)(H,22,25);1H. The fraction of sp³-hybridized carbons (Fsp3) is 0.895. The highest BCUT2D eigenvalue weighted by molar-refractivity contribution is 14.0. The third-order valence-corrected chi connectivity index (χ3v) is 4.62. The second-order valence-electron chi connectivity index (χ2n) is 8.05. The van der Waals surface area contributed by atoms with E-state index < -0.39 is 5.60 Å². The van der Waals surface area contributed by atoms with E-state index in [2.05, 4.69) is 27.4 Å². The summed E-state index contributed by atoms with van der Waals surface area (Å²) < 4.78 is 10.7. The molecule has 2 fully saturated rings. The van der Waals surface area contributed by atoms with Crippen LogP contribution in [0.1, 0.15) is 40.5 Å². The van der Waals surface area contributed by atoms with E-state index in [9.17, 15) is 4.79 Å².